The van der Waals surface area contributed by atoms with Gasteiger partial charge in [-0.15, -0.1) is 16.9 Å². The van der Waals surface area contributed by atoms with Crippen molar-refractivity contribution in [1.29, 1.82) is 0 Å². The molecule has 4 amide bonds. The van der Waals surface area contributed by atoms with E-state index in [9.17, 15) is 34.2 Å². The molecule has 0 radical (unpaired) electrons. The van der Waals surface area contributed by atoms with Gasteiger partial charge in [-0.2, -0.15) is 0 Å². The summed E-state index contributed by atoms with van der Waals surface area (Å²) >= 11 is 2.45. The van der Waals surface area contributed by atoms with Crippen LogP contribution in [0.15, 0.2) is 51.7 Å². The van der Waals surface area contributed by atoms with Gasteiger partial charge < -0.3 is 26.0 Å². The number of ether oxygens (including phenoxy) is 1. The number of tetrazole rings is 1. The summed E-state index contributed by atoms with van der Waals surface area (Å²) in [6.07, 6.45) is 0.997. The highest BCUT2D eigenvalue weighted by molar-refractivity contribution is 8.01. The maximum atomic E-state index is 13.8. The van der Waals surface area contributed by atoms with E-state index >= 15 is 0 Å². The number of carboxylic acids is 1. The minimum atomic E-state index is -1.60. The third-order valence-corrected chi connectivity index (χ3v) is 9.10. The lowest BCUT2D eigenvalue weighted by Crippen LogP contribution is -2.71. The van der Waals surface area contributed by atoms with Gasteiger partial charge in [-0.25, -0.2) is 19.3 Å². The Kier molecular flexibility index (Phi) is 8.45. The second-order valence-corrected chi connectivity index (χ2v) is 11.4. The first-order valence-electron chi connectivity index (χ1n) is 12.6. The zero-order valence-corrected chi connectivity index (χ0v) is 24.5. The number of nitrogens with one attached hydrogen (secondary N) is 2. The molecule has 1 fully saturated rings. The van der Waals surface area contributed by atoms with Gasteiger partial charge in [0.25, 0.3) is 17.5 Å². The number of phenolic OH excluding ortho intramolecular Hbond substituents is 1. The number of benzene rings is 1. The highest BCUT2D eigenvalue weighted by Gasteiger charge is 2.55. The number of nitrogens with two attached hydrogens (primary N) is 1. The van der Waals surface area contributed by atoms with Crippen molar-refractivity contribution in [2.45, 2.75) is 22.6 Å². The van der Waals surface area contributed by atoms with Crippen LogP contribution in [0.25, 0.3) is 0 Å². The van der Waals surface area contributed by atoms with E-state index in [2.05, 4.69) is 30.8 Å². The molecule has 0 aliphatic carbocycles. The number of primary amides is 1. The highest BCUT2D eigenvalue weighted by Crippen LogP contribution is 2.42. The van der Waals surface area contributed by atoms with Crippen LogP contribution in [0.1, 0.15) is 11.6 Å². The second-order valence-electron chi connectivity index (χ2n) is 9.34. The number of methoxy groups -OCH3 is 1. The molecule has 2 aromatic heterocycles. The Labute approximate surface area is 255 Å². The van der Waals surface area contributed by atoms with Gasteiger partial charge in [-0.3, -0.25) is 29.2 Å². The molecule has 1 saturated heterocycles. The summed E-state index contributed by atoms with van der Waals surface area (Å²) in [6.45, 7) is 0. The Hall–Kier alpha value is -5.11. The Balaban J connectivity index is 1.43. The number of fused-ring (bicyclic) bond motifs is 1. The molecular formula is C24H24N10O8S2. The van der Waals surface area contributed by atoms with Crippen molar-refractivity contribution in [2.75, 3.05) is 23.5 Å². The summed E-state index contributed by atoms with van der Waals surface area (Å²) < 4.78 is 6.33. The molecule has 1 aromatic carbocycles. The van der Waals surface area contributed by atoms with Crippen molar-refractivity contribution >= 4 is 53.0 Å². The van der Waals surface area contributed by atoms with E-state index in [-0.39, 0.29) is 34.5 Å². The molecule has 2 aliphatic rings. The summed E-state index contributed by atoms with van der Waals surface area (Å²) in [5.41, 5.74) is 4.81. The summed E-state index contributed by atoms with van der Waals surface area (Å²) in [5.74, 6) is -2.59. The van der Waals surface area contributed by atoms with E-state index in [0.29, 0.717) is 15.6 Å². The Morgan fingerprint density at radius 2 is 2.02 bits per heavy atom. The monoisotopic (exact) mass is 644 g/mol. The van der Waals surface area contributed by atoms with Gasteiger partial charge in [-0.05, 0) is 33.7 Å². The molecule has 6 N–H and O–H groups in total. The van der Waals surface area contributed by atoms with Gasteiger partial charge in [0.1, 0.15) is 34.6 Å². The van der Waals surface area contributed by atoms with Crippen molar-refractivity contribution in [3.8, 4) is 11.8 Å². The van der Waals surface area contributed by atoms with E-state index in [1.807, 2.05) is 0 Å². The smallest absolute Gasteiger partial charge is 0.352 e. The van der Waals surface area contributed by atoms with E-state index < -0.39 is 52.5 Å². The number of aromatic amines is 1. The third kappa shape index (κ3) is 5.63. The molecule has 3 atom stereocenters. The molecule has 2 unspecified atom stereocenters. The largest absolute Gasteiger partial charge is 0.508 e. The topological polar surface area (TPSA) is 252 Å². The van der Waals surface area contributed by atoms with E-state index in [1.54, 1.807) is 7.05 Å². The van der Waals surface area contributed by atoms with Crippen LogP contribution >= 0.6 is 23.5 Å². The number of phenols is 1. The van der Waals surface area contributed by atoms with Gasteiger partial charge in [0, 0.05) is 18.6 Å². The van der Waals surface area contributed by atoms with Gasteiger partial charge in [-0.1, -0.05) is 23.9 Å². The van der Waals surface area contributed by atoms with Crippen LogP contribution in [-0.2, 0) is 21.4 Å². The first-order chi connectivity index (χ1) is 21.0. The Morgan fingerprint density at radius 1 is 1.30 bits per heavy atom. The fourth-order valence-corrected chi connectivity index (χ4v) is 6.96. The van der Waals surface area contributed by atoms with Crippen LogP contribution in [-0.4, -0.2) is 99.1 Å². The number of rotatable bonds is 10. The molecule has 5 rings (SSSR count). The van der Waals surface area contributed by atoms with Gasteiger partial charge in [0.15, 0.2) is 0 Å². The first kappa shape index (κ1) is 30.4. The third-order valence-electron chi connectivity index (χ3n) is 6.67. The number of carbonyl (C=O) groups is 4. The Bertz CT molecular complexity index is 1730. The highest BCUT2D eigenvalue weighted by atomic mass is 32.2. The molecule has 44 heavy (non-hydrogen) atoms. The second kappa shape index (κ2) is 12.2. The summed E-state index contributed by atoms with van der Waals surface area (Å²) in [6, 6.07) is 1.09. The van der Waals surface area contributed by atoms with Gasteiger partial charge >= 0.3 is 12.0 Å². The molecule has 230 valence electrons. The Morgan fingerprint density at radius 3 is 2.61 bits per heavy atom. The van der Waals surface area contributed by atoms with Gasteiger partial charge in [0.2, 0.25) is 11.1 Å². The SMILES string of the molecule is COc1ncc(N(C(N)=O)C(C(=O)NC2C(=O)N3C(C(=O)O)=C(CSc4nnnn4C)CS[C@H]23)c2ccc(O)cc2)c(=O)[nH]1. The summed E-state index contributed by atoms with van der Waals surface area (Å²) in [7, 11) is 2.90. The van der Waals surface area contributed by atoms with Crippen LogP contribution in [0.3, 0.4) is 0 Å². The van der Waals surface area contributed by atoms with Crippen molar-refractivity contribution in [3.05, 3.63) is 57.6 Å². The minimum Gasteiger partial charge on any atom is -0.508 e. The van der Waals surface area contributed by atoms with E-state index in [0.717, 1.165) is 11.1 Å². The lowest BCUT2D eigenvalue weighted by Gasteiger charge is -2.49. The number of hydrogen-bond acceptors (Lipinski definition) is 13. The van der Waals surface area contributed by atoms with Crippen molar-refractivity contribution in [3.63, 3.8) is 0 Å². The number of aliphatic carboxylic acids is 1. The number of anilines is 1. The molecule has 4 heterocycles. The summed E-state index contributed by atoms with van der Waals surface area (Å²) in [5, 5.41) is 33.2. The molecule has 20 heteroatoms. The summed E-state index contributed by atoms with van der Waals surface area (Å²) in [4.78, 5) is 73.0. The van der Waals surface area contributed by atoms with E-state index in [4.69, 9.17) is 10.5 Å². The van der Waals surface area contributed by atoms with Crippen molar-refractivity contribution in [2.24, 2.45) is 12.8 Å². The fraction of sp³-hybridized carbons (Fsp3) is 0.292. The van der Waals surface area contributed by atoms with Gasteiger partial charge in [0.05, 0.1) is 13.3 Å². The number of β-lactam (4-membered cyclic amide) rings is 1. The zero-order valence-electron chi connectivity index (χ0n) is 22.9. The fourth-order valence-electron chi connectivity index (χ4n) is 4.63. The molecular weight excluding hydrogens is 620 g/mol. The maximum Gasteiger partial charge on any atom is 0.352 e. The number of amides is 4. The number of aryl methyl sites for hydroxylation is 1. The molecule has 0 spiro atoms. The van der Waals surface area contributed by atoms with Crippen molar-refractivity contribution < 1.29 is 34.1 Å². The average Bonchev–Trinajstić information content (AvgIpc) is 3.41. The molecule has 0 bridgehead atoms. The number of hydrogen-bond donors (Lipinski definition) is 5. The minimum absolute atomic E-state index is 0.136. The molecule has 0 saturated carbocycles. The van der Waals surface area contributed by atoms with Crippen LogP contribution in [0.2, 0.25) is 0 Å². The standard InChI is InChI=1S/C24H24N10O8S2/c1-32-24(29-30-31-32)44-9-11-8-43-20-14(19(38)34(20)16(11)21(39)40)27-18(37)15(10-3-5-12(35)6-4-10)33(22(25)41)13-7-26-23(42-2)28-17(13)36/h3-7,14-15,20,35H,8-9H2,1-2H3,(H2,25,41)(H,27,37)(H,39,40)(H,26,28,36)/t14?,15?,20-/m1/s1. The molecule has 3 aromatic rings. The van der Waals surface area contributed by atoms with Crippen LogP contribution in [0.4, 0.5) is 10.5 Å². The van der Waals surface area contributed by atoms with Crippen molar-refractivity contribution in [1.82, 2.24) is 40.4 Å². The maximum absolute atomic E-state index is 13.8. The number of nitrogens with zero attached hydrogens (tertiary/aromatic N) is 7. The predicted molar refractivity (Wildman–Crippen MR) is 154 cm³/mol. The average molecular weight is 645 g/mol. The lowest BCUT2D eigenvalue weighted by molar-refractivity contribution is -0.150. The van der Waals surface area contributed by atoms with Crippen LogP contribution < -0.4 is 26.2 Å². The number of urea groups is 1. The molecule has 18 nitrogen and oxygen atoms in total. The molecule has 2 aliphatic heterocycles. The van der Waals surface area contributed by atoms with Crippen LogP contribution in [0, 0.1) is 0 Å². The number of aromatic hydroxyl groups is 1. The van der Waals surface area contributed by atoms with Crippen LogP contribution in [0.5, 0.6) is 11.8 Å². The predicted octanol–water partition coefficient (Wildman–Crippen LogP) is -0.835. The lowest BCUT2D eigenvalue weighted by atomic mass is 10.00. The quantitative estimate of drug-likeness (QED) is 0.133. The first-order valence-corrected chi connectivity index (χ1v) is 14.6. The normalized spacial score (nSPS) is 18.2. The number of H-pyrrole nitrogens is 1. The van der Waals surface area contributed by atoms with E-state index in [1.165, 1.54) is 59.6 Å². The number of thioether (sulfide) groups is 2. The number of aromatic nitrogens is 6. The number of carboxylic acid groups (broad SMARTS) is 1. The zero-order chi connectivity index (χ0) is 31.7. The number of carbonyl (C=O) groups excluding carboxylic acids is 3.